The average Bonchev–Trinajstić information content (AvgIpc) is 3.27. The highest BCUT2D eigenvalue weighted by Gasteiger charge is 2.69. The summed E-state index contributed by atoms with van der Waals surface area (Å²) in [7, 11) is 3.64. The minimum Gasteiger partial charge on any atom is -0.457 e. The summed E-state index contributed by atoms with van der Waals surface area (Å²) in [4.78, 5) is 28.2. The van der Waals surface area contributed by atoms with Crippen LogP contribution in [0.1, 0.15) is 40.4 Å². The molecule has 9 heteroatoms. The first-order valence-corrected chi connectivity index (χ1v) is 11.0. The lowest BCUT2D eigenvalue weighted by Crippen LogP contribution is -2.60. The Morgan fingerprint density at radius 3 is 2.44 bits per heavy atom. The van der Waals surface area contributed by atoms with Gasteiger partial charge in [0.05, 0.1) is 4.88 Å². The van der Waals surface area contributed by atoms with Gasteiger partial charge in [-0.3, -0.25) is 9.59 Å². The Morgan fingerprint density at radius 1 is 1.19 bits per heavy atom. The SMILES string of the molecule is CN(C)c1ccc(C2C3=C(CCCC3=O)OC(O)(C(F)(F)F)C2C(=O)c2cccs2)cc1. The molecule has 2 heterocycles. The smallest absolute Gasteiger partial charge is 0.456 e. The molecular formula is C23H22F3NO4S. The van der Waals surface area contributed by atoms with Crippen LogP contribution in [0.4, 0.5) is 18.9 Å². The fraction of sp³-hybridized carbons (Fsp3) is 0.391. The fourth-order valence-electron chi connectivity index (χ4n) is 4.41. The zero-order valence-electron chi connectivity index (χ0n) is 17.5. The second-order valence-electron chi connectivity index (χ2n) is 8.19. The van der Waals surface area contributed by atoms with Gasteiger partial charge in [0.1, 0.15) is 11.7 Å². The minimum atomic E-state index is -5.26. The van der Waals surface area contributed by atoms with E-state index in [1.165, 1.54) is 6.07 Å². The van der Waals surface area contributed by atoms with Crippen LogP contribution in [0.15, 0.2) is 53.1 Å². The molecule has 0 spiro atoms. The first-order valence-electron chi connectivity index (χ1n) is 10.1. The number of allylic oxidation sites excluding steroid dienone is 2. The number of hydrogen-bond acceptors (Lipinski definition) is 6. The van der Waals surface area contributed by atoms with Crippen molar-refractivity contribution in [3.63, 3.8) is 0 Å². The van der Waals surface area contributed by atoms with E-state index in [1.807, 2.05) is 19.0 Å². The summed E-state index contributed by atoms with van der Waals surface area (Å²) in [6, 6.07) is 9.57. The van der Waals surface area contributed by atoms with Gasteiger partial charge in [0.15, 0.2) is 11.6 Å². The summed E-state index contributed by atoms with van der Waals surface area (Å²) >= 11 is 0.979. The van der Waals surface area contributed by atoms with Crippen LogP contribution in [0.25, 0.3) is 0 Å². The highest BCUT2D eigenvalue weighted by Crippen LogP contribution is 2.54. The third kappa shape index (κ3) is 3.63. The maximum atomic E-state index is 14.3. The highest BCUT2D eigenvalue weighted by molar-refractivity contribution is 7.12. The molecule has 3 unspecified atom stereocenters. The average molecular weight is 465 g/mol. The quantitative estimate of drug-likeness (QED) is 0.664. The van der Waals surface area contributed by atoms with E-state index in [2.05, 4.69) is 0 Å². The number of thiophene rings is 1. The van der Waals surface area contributed by atoms with Crippen molar-refractivity contribution >= 4 is 28.6 Å². The number of benzene rings is 1. The number of anilines is 1. The summed E-state index contributed by atoms with van der Waals surface area (Å²) < 4.78 is 47.9. The molecule has 1 aromatic heterocycles. The second-order valence-corrected chi connectivity index (χ2v) is 9.14. The van der Waals surface area contributed by atoms with E-state index in [1.54, 1.807) is 35.7 Å². The molecule has 0 saturated heterocycles. The molecule has 0 bridgehead atoms. The Labute approximate surface area is 187 Å². The molecule has 2 aliphatic rings. The third-order valence-electron chi connectivity index (χ3n) is 5.97. The van der Waals surface area contributed by atoms with E-state index in [0.717, 1.165) is 17.0 Å². The van der Waals surface area contributed by atoms with E-state index in [9.17, 15) is 27.9 Å². The number of alkyl halides is 3. The van der Waals surface area contributed by atoms with Gasteiger partial charge < -0.3 is 14.7 Å². The number of carbonyl (C=O) groups excluding carboxylic acids is 2. The van der Waals surface area contributed by atoms with Crippen LogP contribution in [-0.2, 0) is 9.53 Å². The van der Waals surface area contributed by atoms with Crippen molar-refractivity contribution in [2.24, 2.45) is 5.92 Å². The molecule has 5 nitrogen and oxygen atoms in total. The molecule has 32 heavy (non-hydrogen) atoms. The number of hydrogen-bond donors (Lipinski definition) is 1. The van der Waals surface area contributed by atoms with Crippen molar-refractivity contribution in [2.45, 2.75) is 37.1 Å². The fourth-order valence-corrected chi connectivity index (χ4v) is 5.11. The normalized spacial score (nSPS) is 25.9. The summed E-state index contributed by atoms with van der Waals surface area (Å²) in [5.41, 5.74) is 1.20. The molecule has 3 atom stereocenters. The molecule has 2 aromatic rings. The van der Waals surface area contributed by atoms with Gasteiger partial charge in [-0.2, -0.15) is 13.2 Å². The molecule has 1 aromatic carbocycles. The Kier molecular flexibility index (Phi) is 5.67. The van der Waals surface area contributed by atoms with Crippen LogP contribution in [-0.4, -0.2) is 42.7 Å². The maximum Gasteiger partial charge on any atom is 0.456 e. The first kappa shape index (κ1) is 22.5. The van der Waals surface area contributed by atoms with Gasteiger partial charge in [0.2, 0.25) is 0 Å². The lowest BCUT2D eigenvalue weighted by molar-refractivity contribution is -0.374. The van der Waals surface area contributed by atoms with Crippen LogP contribution >= 0.6 is 11.3 Å². The molecule has 170 valence electrons. The highest BCUT2D eigenvalue weighted by atomic mass is 32.1. The lowest BCUT2D eigenvalue weighted by Gasteiger charge is -2.46. The molecule has 1 aliphatic carbocycles. The van der Waals surface area contributed by atoms with Gasteiger partial charge in [0, 0.05) is 44.1 Å². The molecule has 1 N–H and O–H groups in total. The molecule has 1 aliphatic heterocycles. The predicted molar refractivity (Wildman–Crippen MR) is 114 cm³/mol. The van der Waals surface area contributed by atoms with E-state index in [0.29, 0.717) is 12.0 Å². The number of ketones is 2. The maximum absolute atomic E-state index is 14.3. The van der Waals surface area contributed by atoms with Gasteiger partial charge in [-0.15, -0.1) is 11.3 Å². The zero-order chi connectivity index (χ0) is 23.3. The van der Waals surface area contributed by atoms with E-state index in [4.69, 9.17) is 4.74 Å². The molecular weight excluding hydrogens is 443 g/mol. The van der Waals surface area contributed by atoms with Gasteiger partial charge in [-0.1, -0.05) is 18.2 Å². The number of ether oxygens (including phenoxy) is 1. The topological polar surface area (TPSA) is 66.8 Å². The number of halogens is 3. The number of Topliss-reactive ketones (excluding diaryl/α,β-unsaturated/α-hetero) is 2. The summed E-state index contributed by atoms with van der Waals surface area (Å²) in [6.45, 7) is 0. The summed E-state index contributed by atoms with van der Waals surface area (Å²) in [5.74, 6) is -8.56. The first-order chi connectivity index (χ1) is 15.0. The third-order valence-corrected chi connectivity index (χ3v) is 6.86. The molecule has 0 fully saturated rings. The molecule has 0 amide bonds. The van der Waals surface area contributed by atoms with Crippen molar-refractivity contribution in [3.05, 3.63) is 63.6 Å². The summed E-state index contributed by atoms with van der Waals surface area (Å²) in [5, 5.41) is 12.5. The minimum absolute atomic E-state index is 0.0534. The molecule has 4 rings (SSSR count). The Morgan fingerprint density at radius 2 is 1.88 bits per heavy atom. The van der Waals surface area contributed by atoms with Gasteiger partial charge in [-0.05, 0) is 35.6 Å². The van der Waals surface area contributed by atoms with Crippen molar-refractivity contribution in [2.75, 3.05) is 19.0 Å². The number of carbonyl (C=O) groups is 2. The molecule has 0 radical (unpaired) electrons. The Hall–Kier alpha value is -2.65. The summed E-state index contributed by atoms with van der Waals surface area (Å²) in [6.07, 6.45) is -4.70. The van der Waals surface area contributed by atoms with Gasteiger partial charge >= 0.3 is 12.0 Å². The van der Waals surface area contributed by atoms with E-state index >= 15 is 0 Å². The Bertz CT molecular complexity index is 1060. The predicted octanol–water partition coefficient (Wildman–Crippen LogP) is 4.69. The number of nitrogens with zero attached hydrogens (tertiary/aromatic N) is 1. The van der Waals surface area contributed by atoms with Crippen molar-refractivity contribution in [1.82, 2.24) is 0 Å². The lowest BCUT2D eigenvalue weighted by atomic mass is 9.68. The van der Waals surface area contributed by atoms with Gasteiger partial charge in [-0.25, -0.2) is 0 Å². The number of aliphatic hydroxyl groups is 1. The Balaban J connectivity index is 1.96. The zero-order valence-corrected chi connectivity index (χ0v) is 18.3. The van der Waals surface area contributed by atoms with Crippen molar-refractivity contribution < 1.29 is 32.6 Å². The number of rotatable bonds is 4. The largest absolute Gasteiger partial charge is 0.457 e. The van der Waals surface area contributed by atoms with Crippen LogP contribution in [0, 0.1) is 5.92 Å². The standard InChI is InChI=1S/C23H22F3NO4S/c1-27(2)14-10-8-13(9-11-14)18-19-15(28)5-3-6-16(19)31-22(30,23(24,25)26)20(18)21(29)17-7-4-12-32-17/h4,7-12,18,20,30H,3,5-6H2,1-2H3. The van der Waals surface area contributed by atoms with Crippen LogP contribution in [0.5, 0.6) is 0 Å². The second kappa shape index (κ2) is 8.04. The molecule has 0 saturated carbocycles. The van der Waals surface area contributed by atoms with Crippen molar-refractivity contribution in [1.29, 1.82) is 0 Å². The monoisotopic (exact) mass is 465 g/mol. The van der Waals surface area contributed by atoms with E-state index in [-0.39, 0.29) is 34.8 Å². The van der Waals surface area contributed by atoms with Crippen LogP contribution in [0.3, 0.4) is 0 Å². The van der Waals surface area contributed by atoms with Crippen molar-refractivity contribution in [3.8, 4) is 0 Å². The van der Waals surface area contributed by atoms with Gasteiger partial charge in [0.25, 0.3) is 0 Å². The van der Waals surface area contributed by atoms with Crippen LogP contribution < -0.4 is 4.90 Å². The van der Waals surface area contributed by atoms with E-state index < -0.39 is 29.6 Å². The van der Waals surface area contributed by atoms with Crippen LogP contribution in [0.2, 0.25) is 0 Å².